The summed E-state index contributed by atoms with van der Waals surface area (Å²) < 4.78 is 5.88. The number of hydrogen-bond acceptors (Lipinski definition) is 2. The third-order valence-electron chi connectivity index (χ3n) is 5.23. The van der Waals surface area contributed by atoms with Gasteiger partial charge in [0.05, 0.1) is 6.04 Å². The first kappa shape index (κ1) is 18.5. The average molecular weight is 351 g/mol. The molecule has 1 aliphatic rings. The lowest BCUT2D eigenvalue weighted by Gasteiger charge is -2.22. The molecule has 2 aromatic carbocycles. The highest BCUT2D eigenvalue weighted by atomic mass is 16.5. The van der Waals surface area contributed by atoms with E-state index in [9.17, 15) is 4.79 Å². The first-order valence-electron chi connectivity index (χ1n) is 9.60. The minimum Gasteiger partial charge on any atom is -0.481 e. The molecule has 1 amide bonds. The number of carbonyl (C=O) groups is 1. The van der Waals surface area contributed by atoms with Crippen LogP contribution in [0.4, 0.5) is 0 Å². The molecule has 2 atom stereocenters. The van der Waals surface area contributed by atoms with Gasteiger partial charge in [-0.3, -0.25) is 4.79 Å². The minimum absolute atomic E-state index is 0.0279. The predicted octanol–water partition coefficient (Wildman–Crippen LogP) is 4.83. The molecule has 0 bridgehead atoms. The van der Waals surface area contributed by atoms with Gasteiger partial charge in [-0.25, -0.2) is 0 Å². The summed E-state index contributed by atoms with van der Waals surface area (Å²) in [6, 6.07) is 12.6. The summed E-state index contributed by atoms with van der Waals surface area (Å²) in [6.45, 7) is 7.89. The van der Waals surface area contributed by atoms with Crippen molar-refractivity contribution in [3.8, 4) is 5.75 Å². The highest BCUT2D eigenvalue weighted by molar-refractivity contribution is 5.81. The Hall–Kier alpha value is -2.29. The van der Waals surface area contributed by atoms with Crippen LogP contribution in [0, 0.1) is 13.8 Å². The van der Waals surface area contributed by atoms with E-state index in [1.54, 1.807) is 6.92 Å². The SMILES string of the molecule is Cc1ccc(O[C@H](C)C(=O)N[C@H](C)c2ccc3c(c2)CCCC3)c(C)c1. The van der Waals surface area contributed by atoms with Crippen LogP contribution in [0.5, 0.6) is 5.75 Å². The van der Waals surface area contributed by atoms with Crippen LogP contribution in [-0.4, -0.2) is 12.0 Å². The Balaban J connectivity index is 1.63. The van der Waals surface area contributed by atoms with E-state index < -0.39 is 6.10 Å². The standard InChI is InChI=1S/C23H29NO2/c1-15-9-12-22(16(2)13-15)26-18(4)23(25)24-17(3)20-11-10-19-7-5-6-8-21(19)14-20/h9-14,17-18H,5-8H2,1-4H3,(H,24,25)/t17-,18-/m1/s1. The van der Waals surface area contributed by atoms with Crippen molar-refractivity contribution in [2.45, 2.75) is 65.5 Å². The Morgan fingerprint density at radius 3 is 2.46 bits per heavy atom. The van der Waals surface area contributed by atoms with Gasteiger partial charge >= 0.3 is 0 Å². The van der Waals surface area contributed by atoms with E-state index in [4.69, 9.17) is 4.74 Å². The van der Waals surface area contributed by atoms with Crippen LogP contribution in [0.15, 0.2) is 36.4 Å². The highest BCUT2D eigenvalue weighted by Gasteiger charge is 2.19. The number of nitrogens with one attached hydrogen (secondary N) is 1. The summed E-state index contributed by atoms with van der Waals surface area (Å²) in [5, 5.41) is 3.09. The molecule has 138 valence electrons. The highest BCUT2D eigenvalue weighted by Crippen LogP contribution is 2.25. The van der Waals surface area contributed by atoms with Crippen LogP contribution in [0.25, 0.3) is 0 Å². The van der Waals surface area contributed by atoms with Gasteiger partial charge in [0, 0.05) is 0 Å². The minimum atomic E-state index is -0.531. The summed E-state index contributed by atoms with van der Waals surface area (Å²) in [5.41, 5.74) is 6.30. The number of fused-ring (bicyclic) bond motifs is 1. The average Bonchev–Trinajstić information content (AvgIpc) is 2.63. The molecule has 2 aromatic rings. The largest absolute Gasteiger partial charge is 0.481 e. The van der Waals surface area contributed by atoms with Crippen molar-refractivity contribution >= 4 is 5.91 Å². The molecule has 0 spiro atoms. The number of carbonyl (C=O) groups excluding carboxylic acids is 1. The normalized spacial score (nSPS) is 15.7. The fraction of sp³-hybridized carbons (Fsp3) is 0.435. The molecule has 0 aromatic heterocycles. The molecule has 0 fully saturated rings. The molecular formula is C23H29NO2. The van der Waals surface area contributed by atoms with Crippen LogP contribution in [0.3, 0.4) is 0 Å². The van der Waals surface area contributed by atoms with Crippen LogP contribution < -0.4 is 10.1 Å². The predicted molar refractivity (Wildman–Crippen MR) is 106 cm³/mol. The van der Waals surface area contributed by atoms with E-state index in [1.807, 2.05) is 32.9 Å². The van der Waals surface area contributed by atoms with Gasteiger partial charge in [-0.2, -0.15) is 0 Å². The summed E-state index contributed by atoms with van der Waals surface area (Å²) in [7, 11) is 0. The van der Waals surface area contributed by atoms with E-state index in [-0.39, 0.29) is 11.9 Å². The number of hydrogen-bond donors (Lipinski definition) is 1. The number of ether oxygens (including phenoxy) is 1. The fourth-order valence-corrected chi connectivity index (χ4v) is 3.61. The Kier molecular flexibility index (Phi) is 5.65. The Bertz CT molecular complexity index is 797. The van der Waals surface area contributed by atoms with Gasteiger partial charge in [-0.05, 0) is 81.7 Å². The summed E-state index contributed by atoms with van der Waals surface area (Å²) in [5.74, 6) is 0.676. The van der Waals surface area contributed by atoms with Crippen molar-refractivity contribution in [2.75, 3.05) is 0 Å². The van der Waals surface area contributed by atoms with E-state index in [0.29, 0.717) is 0 Å². The second-order valence-corrected chi connectivity index (χ2v) is 7.49. The van der Waals surface area contributed by atoms with Crippen LogP contribution in [0.1, 0.15) is 60.5 Å². The smallest absolute Gasteiger partial charge is 0.261 e. The number of benzene rings is 2. The van der Waals surface area contributed by atoms with Crippen LogP contribution >= 0.6 is 0 Å². The molecule has 0 saturated carbocycles. The summed E-state index contributed by atoms with van der Waals surface area (Å²) in [6.07, 6.45) is 4.34. The number of rotatable bonds is 5. The van der Waals surface area contributed by atoms with Gasteiger partial charge in [0.25, 0.3) is 5.91 Å². The Morgan fingerprint density at radius 1 is 1.00 bits per heavy atom. The molecule has 3 heteroatoms. The van der Waals surface area contributed by atoms with Gasteiger partial charge in [0.15, 0.2) is 6.10 Å². The van der Waals surface area contributed by atoms with Crippen molar-refractivity contribution in [1.29, 1.82) is 0 Å². The summed E-state index contributed by atoms with van der Waals surface area (Å²) >= 11 is 0. The molecule has 0 radical (unpaired) electrons. The van der Waals surface area contributed by atoms with E-state index in [1.165, 1.54) is 36.0 Å². The quantitative estimate of drug-likeness (QED) is 0.838. The monoisotopic (exact) mass is 351 g/mol. The van der Waals surface area contributed by atoms with Gasteiger partial charge in [0.1, 0.15) is 5.75 Å². The molecule has 0 heterocycles. The number of amides is 1. The maximum absolute atomic E-state index is 12.6. The maximum atomic E-state index is 12.6. The molecule has 3 nitrogen and oxygen atoms in total. The van der Waals surface area contributed by atoms with E-state index in [2.05, 4.69) is 29.6 Å². The maximum Gasteiger partial charge on any atom is 0.261 e. The second kappa shape index (κ2) is 7.94. The number of aryl methyl sites for hydroxylation is 4. The fourth-order valence-electron chi connectivity index (χ4n) is 3.61. The summed E-state index contributed by atoms with van der Waals surface area (Å²) in [4.78, 5) is 12.6. The first-order valence-corrected chi connectivity index (χ1v) is 9.60. The second-order valence-electron chi connectivity index (χ2n) is 7.49. The molecule has 0 aliphatic heterocycles. The van der Waals surface area contributed by atoms with Crippen LogP contribution in [-0.2, 0) is 17.6 Å². The van der Waals surface area contributed by atoms with Crippen molar-refractivity contribution in [3.63, 3.8) is 0 Å². The first-order chi connectivity index (χ1) is 12.4. The molecule has 3 rings (SSSR count). The Morgan fingerprint density at radius 2 is 1.73 bits per heavy atom. The topological polar surface area (TPSA) is 38.3 Å². The lowest BCUT2D eigenvalue weighted by Crippen LogP contribution is -2.37. The van der Waals surface area contributed by atoms with E-state index >= 15 is 0 Å². The van der Waals surface area contributed by atoms with E-state index in [0.717, 1.165) is 23.3 Å². The Labute approximate surface area is 156 Å². The third-order valence-corrected chi connectivity index (χ3v) is 5.23. The van der Waals surface area contributed by atoms with Gasteiger partial charge in [-0.15, -0.1) is 0 Å². The lowest BCUT2D eigenvalue weighted by molar-refractivity contribution is -0.127. The van der Waals surface area contributed by atoms with Crippen molar-refractivity contribution < 1.29 is 9.53 Å². The van der Waals surface area contributed by atoms with Crippen LogP contribution in [0.2, 0.25) is 0 Å². The lowest BCUT2D eigenvalue weighted by atomic mass is 9.89. The zero-order valence-corrected chi connectivity index (χ0v) is 16.3. The van der Waals surface area contributed by atoms with Crippen molar-refractivity contribution in [1.82, 2.24) is 5.32 Å². The molecule has 1 N–H and O–H groups in total. The van der Waals surface area contributed by atoms with Gasteiger partial charge in [-0.1, -0.05) is 35.9 Å². The molecular weight excluding hydrogens is 322 g/mol. The molecule has 0 saturated heterocycles. The zero-order valence-electron chi connectivity index (χ0n) is 16.3. The molecule has 0 unspecified atom stereocenters. The van der Waals surface area contributed by atoms with Crippen molar-refractivity contribution in [2.24, 2.45) is 0 Å². The van der Waals surface area contributed by atoms with Gasteiger partial charge in [0.2, 0.25) is 0 Å². The van der Waals surface area contributed by atoms with Crippen molar-refractivity contribution in [3.05, 3.63) is 64.2 Å². The van der Waals surface area contributed by atoms with Gasteiger partial charge < -0.3 is 10.1 Å². The molecule has 1 aliphatic carbocycles. The molecule has 26 heavy (non-hydrogen) atoms. The third kappa shape index (κ3) is 4.27. The zero-order chi connectivity index (χ0) is 18.7.